The summed E-state index contributed by atoms with van der Waals surface area (Å²) in [5, 5.41) is 7.21. The van der Waals surface area contributed by atoms with Crippen molar-refractivity contribution in [2.24, 2.45) is 0 Å². The Labute approximate surface area is 150 Å². The van der Waals surface area contributed by atoms with E-state index in [4.69, 9.17) is 4.74 Å². The summed E-state index contributed by atoms with van der Waals surface area (Å²) in [6, 6.07) is 8.05. The summed E-state index contributed by atoms with van der Waals surface area (Å²) in [4.78, 5) is 16.1. The average Bonchev–Trinajstić information content (AvgIpc) is 3.16. The largest absolute Gasteiger partial charge is 0.495 e. The molecule has 1 amide bonds. The molecule has 0 fully saturated rings. The van der Waals surface area contributed by atoms with Gasteiger partial charge < -0.3 is 4.74 Å². The van der Waals surface area contributed by atoms with Crippen molar-refractivity contribution >= 4 is 11.7 Å². The van der Waals surface area contributed by atoms with Crippen molar-refractivity contribution in [2.75, 3.05) is 12.5 Å². The minimum atomic E-state index is -4.56. The van der Waals surface area contributed by atoms with Gasteiger partial charge >= 0.3 is 6.18 Å². The van der Waals surface area contributed by atoms with Gasteiger partial charge in [-0.2, -0.15) is 13.2 Å². The number of aromatic nitrogens is 4. The number of anilines is 1. The lowest BCUT2D eigenvalue weighted by Crippen LogP contribution is -2.30. The van der Waals surface area contributed by atoms with Crippen LogP contribution in [0.5, 0.6) is 5.75 Å². The smallest absolute Gasteiger partial charge is 0.418 e. The fourth-order valence-corrected chi connectivity index (χ4v) is 2.16. The molecule has 2 aromatic heterocycles. The molecule has 2 N–H and O–H groups in total. The van der Waals surface area contributed by atoms with Gasteiger partial charge in [-0.05, 0) is 24.3 Å². The molecule has 140 valence electrons. The molecule has 0 saturated heterocycles. The molecular weight excluding hydrogens is 365 g/mol. The Balaban J connectivity index is 1.73. The maximum Gasteiger partial charge on any atom is 0.418 e. The number of carbonyl (C=O) groups excluding carboxylic acids is 1. The molecule has 8 nitrogen and oxygen atoms in total. The number of benzene rings is 1. The summed E-state index contributed by atoms with van der Waals surface area (Å²) in [6.07, 6.45) is -2.02. The van der Waals surface area contributed by atoms with E-state index < -0.39 is 17.6 Å². The highest BCUT2D eigenvalue weighted by Gasteiger charge is 2.34. The third-order valence-electron chi connectivity index (χ3n) is 3.46. The number of ether oxygens (including phenoxy) is 1. The molecule has 0 aliphatic heterocycles. The highest BCUT2D eigenvalue weighted by atomic mass is 19.4. The van der Waals surface area contributed by atoms with E-state index in [0.717, 1.165) is 16.9 Å². The van der Waals surface area contributed by atoms with E-state index in [2.05, 4.69) is 26.1 Å². The van der Waals surface area contributed by atoms with Crippen LogP contribution in [0, 0.1) is 0 Å². The molecule has 0 radical (unpaired) electrons. The molecule has 0 aliphatic carbocycles. The van der Waals surface area contributed by atoms with Crippen LogP contribution in [0.3, 0.4) is 0 Å². The monoisotopic (exact) mass is 378 g/mol. The van der Waals surface area contributed by atoms with Crippen molar-refractivity contribution in [3.05, 3.63) is 60.0 Å². The van der Waals surface area contributed by atoms with E-state index in [1.54, 1.807) is 12.1 Å². The van der Waals surface area contributed by atoms with Crippen molar-refractivity contribution in [1.82, 2.24) is 25.4 Å². The van der Waals surface area contributed by atoms with E-state index in [0.29, 0.717) is 11.6 Å². The second-order valence-electron chi connectivity index (χ2n) is 5.23. The van der Waals surface area contributed by atoms with Gasteiger partial charge in [0.15, 0.2) is 5.69 Å². The number of hydrogen-bond acceptors (Lipinski definition) is 6. The molecule has 0 unspecified atom stereocenters. The van der Waals surface area contributed by atoms with Crippen LogP contribution in [0.1, 0.15) is 16.1 Å². The number of halogens is 3. The van der Waals surface area contributed by atoms with Crippen LogP contribution < -0.4 is 15.6 Å². The van der Waals surface area contributed by atoms with Gasteiger partial charge in [-0.15, -0.1) is 5.10 Å². The predicted molar refractivity (Wildman–Crippen MR) is 88.2 cm³/mol. The Hall–Kier alpha value is -3.63. The second-order valence-corrected chi connectivity index (χ2v) is 5.23. The number of nitrogens with zero attached hydrogens (tertiary/aromatic N) is 4. The SMILES string of the molecule is COc1ccc(NNC(=O)c2cn(-c3ccccc3C(F)(F)F)nn2)nc1. The van der Waals surface area contributed by atoms with Crippen molar-refractivity contribution in [2.45, 2.75) is 6.18 Å². The summed E-state index contributed by atoms with van der Waals surface area (Å²) in [5.41, 5.74) is 3.59. The first-order valence-corrected chi connectivity index (χ1v) is 7.54. The van der Waals surface area contributed by atoms with Crippen LogP contribution in [0.15, 0.2) is 48.8 Å². The maximum absolute atomic E-state index is 13.1. The maximum atomic E-state index is 13.1. The van der Waals surface area contributed by atoms with Crippen LogP contribution >= 0.6 is 0 Å². The van der Waals surface area contributed by atoms with Crippen molar-refractivity contribution in [1.29, 1.82) is 0 Å². The molecular formula is C16H13F3N6O2. The lowest BCUT2D eigenvalue weighted by Gasteiger charge is -2.11. The first-order chi connectivity index (χ1) is 12.9. The fraction of sp³-hybridized carbons (Fsp3) is 0.125. The Kier molecular flexibility index (Phi) is 4.92. The number of rotatable bonds is 5. The zero-order valence-electron chi connectivity index (χ0n) is 13.9. The summed E-state index contributed by atoms with van der Waals surface area (Å²) in [7, 11) is 1.49. The standard InChI is InChI=1S/C16H13F3N6O2/c1-27-10-6-7-14(20-8-10)22-23-15(26)12-9-25(24-21-12)13-5-3-2-4-11(13)16(17,18)19/h2-9H,1H3,(H,20,22)(H,23,26). The minimum Gasteiger partial charge on any atom is -0.495 e. The quantitative estimate of drug-likeness (QED) is 0.663. The Morgan fingerprint density at radius 3 is 2.63 bits per heavy atom. The van der Waals surface area contributed by atoms with Gasteiger partial charge in [-0.1, -0.05) is 17.3 Å². The van der Waals surface area contributed by atoms with E-state index in [9.17, 15) is 18.0 Å². The molecule has 0 aliphatic rings. The van der Waals surface area contributed by atoms with E-state index in [-0.39, 0.29) is 11.4 Å². The number of nitrogens with one attached hydrogen (secondary N) is 2. The average molecular weight is 378 g/mol. The Morgan fingerprint density at radius 1 is 1.19 bits per heavy atom. The van der Waals surface area contributed by atoms with Crippen LogP contribution in [0.2, 0.25) is 0 Å². The highest BCUT2D eigenvalue weighted by molar-refractivity contribution is 5.92. The third-order valence-corrected chi connectivity index (χ3v) is 3.46. The Bertz CT molecular complexity index is 940. The van der Waals surface area contributed by atoms with Gasteiger partial charge in [0.25, 0.3) is 5.91 Å². The summed E-state index contributed by atoms with van der Waals surface area (Å²) < 4.78 is 45.1. The van der Waals surface area contributed by atoms with E-state index >= 15 is 0 Å². The van der Waals surface area contributed by atoms with E-state index in [1.807, 2.05) is 0 Å². The normalized spacial score (nSPS) is 11.1. The molecule has 1 aromatic carbocycles. The van der Waals surface area contributed by atoms with Crippen molar-refractivity contribution in [3.63, 3.8) is 0 Å². The van der Waals surface area contributed by atoms with Crippen LogP contribution in [0.4, 0.5) is 19.0 Å². The molecule has 0 saturated carbocycles. The molecule has 0 bridgehead atoms. The molecule has 2 heterocycles. The van der Waals surface area contributed by atoms with Gasteiger partial charge in [0, 0.05) is 0 Å². The van der Waals surface area contributed by atoms with Gasteiger partial charge in [-0.25, -0.2) is 9.67 Å². The van der Waals surface area contributed by atoms with Crippen molar-refractivity contribution < 1.29 is 22.7 Å². The number of para-hydroxylation sites is 1. The lowest BCUT2D eigenvalue weighted by atomic mass is 10.1. The summed E-state index contributed by atoms with van der Waals surface area (Å²) >= 11 is 0. The molecule has 0 atom stereocenters. The first kappa shape index (κ1) is 18.2. The van der Waals surface area contributed by atoms with Crippen LogP contribution in [-0.2, 0) is 6.18 Å². The number of pyridine rings is 1. The number of hydrogen-bond donors (Lipinski definition) is 2. The summed E-state index contributed by atoms with van der Waals surface area (Å²) in [6.45, 7) is 0. The van der Waals surface area contributed by atoms with Gasteiger partial charge in [0.1, 0.15) is 11.6 Å². The van der Waals surface area contributed by atoms with Crippen LogP contribution in [-0.4, -0.2) is 33.0 Å². The fourth-order valence-electron chi connectivity index (χ4n) is 2.16. The molecule has 3 rings (SSSR count). The number of carbonyl (C=O) groups is 1. The van der Waals surface area contributed by atoms with Gasteiger partial charge in [-0.3, -0.25) is 15.6 Å². The van der Waals surface area contributed by atoms with Gasteiger partial charge in [0.2, 0.25) is 0 Å². The molecule has 0 spiro atoms. The third kappa shape index (κ3) is 4.14. The number of alkyl halides is 3. The topological polar surface area (TPSA) is 94.0 Å². The number of methoxy groups -OCH3 is 1. The summed E-state index contributed by atoms with van der Waals surface area (Å²) in [5.74, 6) is 0.181. The Morgan fingerprint density at radius 2 is 1.96 bits per heavy atom. The van der Waals surface area contributed by atoms with Crippen LogP contribution in [0.25, 0.3) is 5.69 Å². The number of hydrazine groups is 1. The predicted octanol–water partition coefficient (Wildman–Crippen LogP) is 2.45. The molecule has 3 aromatic rings. The number of amides is 1. The van der Waals surface area contributed by atoms with Gasteiger partial charge in [0.05, 0.1) is 30.8 Å². The van der Waals surface area contributed by atoms with E-state index in [1.165, 1.54) is 31.5 Å². The first-order valence-electron chi connectivity index (χ1n) is 7.54. The zero-order valence-corrected chi connectivity index (χ0v) is 13.9. The van der Waals surface area contributed by atoms with Crippen molar-refractivity contribution in [3.8, 4) is 11.4 Å². The molecule has 27 heavy (non-hydrogen) atoms. The second kappa shape index (κ2) is 7.32. The highest BCUT2D eigenvalue weighted by Crippen LogP contribution is 2.33. The lowest BCUT2D eigenvalue weighted by molar-refractivity contribution is -0.137. The minimum absolute atomic E-state index is 0.173. The zero-order chi connectivity index (χ0) is 19.4. The molecule has 11 heteroatoms.